The molecule has 0 bridgehead atoms. The second kappa shape index (κ2) is 4.61. The second-order valence-corrected chi connectivity index (χ2v) is 6.09. The van der Waals surface area contributed by atoms with E-state index in [1.54, 1.807) is 0 Å². The molecule has 0 aliphatic carbocycles. The molecule has 0 aromatic rings. The summed E-state index contributed by atoms with van der Waals surface area (Å²) in [6.07, 6.45) is 1.47. The lowest BCUT2D eigenvalue weighted by Gasteiger charge is -2.18. The van der Waals surface area contributed by atoms with Gasteiger partial charge in [0.1, 0.15) is 10.3 Å². The normalized spacial score (nSPS) is 17.3. The zero-order chi connectivity index (χ0) is 11.6. The average Bonchev–Trinajstić information content (AvgIpc) is 2.10. The first kappa shape index (κ1) is 12.6. The third-order valence-corrected chi connectivity index (χ3v) is 4.10. The monoisotopic (exact) mass is 271 g/mol. The van der Waals surface area contributed by atoms with Crippen molar-refractivity contribution < 1.29 is 8.42 Å². The topological polar surface area (TPSA) is 61.4 Å². The van der Waals surface area contributed by atoms with Gasteiger partial charge in [-0.05, 0) is 6.08 Å². The van der Waals surface area contributed by atoms with E-state index in [1.807, 2.05) is 0 Å². The smallest absolute Gasteiger partial charge is 0.217 e. The van der Waals surface area contributed by atoms with Crippen molar-refractivity contribution in [3.63, 3.8) is 0 Å². The summed E-state index contributed by atoms with van der Waals surface area (Å²) in [5, 5.41) is 0.521. The molecule has 0 radical (unpaired) electrons. The van der Waals surface area contributed by atoms with Crippen molar-refractivity contribution >= 4 is 33.2 Å². The third kappa shape index (κ3) is 3.27. The van der Waals surface area contributed by atoms with E-state index in [9.17, 15) is 8.42 Å². The fourth-order valence-corrected chi connectivity index (χ4v) is 2.18. The van der Waals surface area contributed by atoms with Crippen molar-refractivity contribution in [2.45, 2.75) is 0 Å². The molecule has 1 aliphatic rings. The van der Waals surface area contributed by atoms with E-state index >= 15 is 0 Å². The number of nitrogens with zero attached hydrogens (tertiary/aromatic N) is 1. The molecule has 0 unspecified atom stereocenters. The maximum Gasteiger partial charge on any atom is 0.217 e. The summed E-state index contributed by atoms with van der Waals surface area (Å²) in [4.78, 5) is 0. The molecule has 0 atom stereocenters. The van der Waals surface area contributed by atoms with Crippen molar-refractivity contribution in [3.05, 3.63) is 22.0 Å². The number of rotatable bonds is 3. The first-order valence-corrected chi connectivity index (χ1v) is 6.37. The third-order valence-electron chi connectivity index (χ3n) is 1.77. The fraction of sp³-hybridized carbons (Fsp3) is 0.429. The Hall–Kier alpha value is -0.430. The zero-order valence-corrected chi connectivity index (χ0v) is 10.5. The number of hydrogen-bond donors (Lipinski definition) is 2. The first-order valence-electron chi connectivity index (χ1n) is 4.01. The highest BCUT2D eigenvalue weighted by Gasteiger charge is 2.19. The Bertz CT molecular complexity index is 414. The van der Waals surface area contributed by atoms with Crippen molar-refractivity contribution in [3.8, 4) is 0 Å². The molecule has 0 spiro atoms. The molecule has 2 N–H and O–H groups in total. The van der Waals surface area contributed by atoms with Crippen molar-refractivity contribution in [2.75, 3.05) is 19.8 Å². The van der Waals surface area contributed by atoms with Crippen LogP contribution in [0, 0.1) is 0 Å². The summed E-state index contributed by atoms with van der Waals surface area (Å²) in [5.74, 6) is -0.191. The molecule has 0 amide bonds. The molecule has 1 aliphatic heterocycles. The average molecular weight is 272 g/mol. The highest BCUT2D eigenvalue weighted by atomic mass is 35.5. The van der Waals surface area contributed by atoms with Gasteiger partial charge in [-0.25, -0.2) is 12.7 Å². The Labute approximate surface area is 98.7 Å². The van der Waals surface area contributed by atoms with E-state index in [4.69, 9.17) is 23.2 Å². The van der Waals surface area contributed by atoms with Crippen molar-refractivity contribution in [1.82, 2.24) is 15.2 Å². The van der Waals surface area contributed by atoms with Crippen LogP contribution in [0.3, 0.4) is 0 Å². The van der Waals surface area contributed by atoms with E-state index in [0.717, 1.165) is 4.31 Å². The minimum absolute atomic E-state index is 0.191. The van der Waals surface area contributed by atoms with Gasteiger partial charge in [0, 0.05) is 19.7 Å². The van der Waals surface area contributed by atoms with Crippen LogP contribution >= 0.6 is 23.2 Å². The molecule has 15 heavy (non-hydrogen) atoms. The Morgan fingerprint density at radius 2 is 1.93 bits per heavy atom. The maximum atomic E-state index is 11.6. The van der Waals surface area contributed by atoms with Crippen molar-refractivity contribution in [2.24, 2.45) is 0 Å². The number of nitrogens with one attached hydrogen (secondary N) is 2. The molecule has 1 rings (SSSR count). The van der Waals surface area contributed by atoms with Gasteiger partial charge in [-0.2, -0.15) is 0 Å². The molecular formula is C7H11Cl2N3O2S. The van der Waals surface area contributed by atoms with Crippen LogP contribution < -0.4 is 10.9 Å². The molecule has 1 heterocycles. The van der Waals surface area contributed by atoms with Gasteiger partial charge in [-0.1, -0.05) is 23.2 Å². The maximum absolute atomic E-state index is 11.6. The van der Waals surface area contributed by atoms with E-state index < -0.39 is 10.0 Å². The van der Waals surface area contributed by atoms with Gasteiger partial charge in [-0.15, -0.1) is 0 Å². The Morgan fingerprint density at radius 1 is 1.33 bits per heavy atom. The summed E-state index contributed by atoms with van der Waals surface area (Å²) in [5.41, 5.74) is 5.54. The molecule has 0 saturated carbocycles. The van der Waals surface area contributed by atoms with Gasteiger partial charge in [0.25, 0.3) is 0 Å². The predicted octanol–water partition coefficient (Wildman–Crippen LogP) is 0.516. The van der Waals surface area contributed by atoms with E-state index in [1.165, 1.54) is 20.2 Å². The SMILES string of the molecule is CN(C)S(=O)(=O)CC1=C(Cl)NNC(Cl)=C1. The summed E-state index contributed by atoms with van der Waals surface area (Å²) < 4.78 is 24.3. The number of allylic oxidation sites excluding steroid dienone is 1. The minimum atomic E-state index is -3.33. The van der Waals surface area contributed by atoms with Crippen LogP contribution in [-0.4, -0.2) is 32.6 Å². The van der Waals surface area contributed by atoms with Crippen molar-refractivity contribution in [1.29, 1.82) is 0 Å². The fourth-order valence-electron chi connectivity index (χ4n) is 0.878. The molecule has 0 aromatic carbocycles. The lowest BCUT2D eigenvalue weighted by atomic mass is 10.3. The van der Waals surface area contributed by atoms with Crippen LogP contribution in [0.25, 0.3) is 0 Å². The van der Waals surface area contributed by atoms with Gasteiger partial charge in [0.15, 0.2) is 0 Å². The lowest BCUT2D eigenvalue weighted by molar-refractivity contribution is 0.523. The molecular weight excluding hydrogens is 261 g/mol. The van der Waals surface area contributed by atoms with Crippen LogP contribution in [0.1, 0.15) is 0 Å². The molecule has 0 saturated heterocycles. The van der Waals surface area contributed by atoms with Crippen LogP contribution in [-0.2, 0) is 10.0 Å². The van der Waals surface area contributed by atoms with E-state index in [2.05, 4.69) is 10.9 Å². The second-order valence-electron chi connectivity index (χ2n) is 3.12. The molecule has 86 valence electrons. The first-order chi connectivity index (χ1) is 6.83. The largest absolute Gasteiger partial charge is 0.289 e. The number of hydrazine groups is 1. The molecule has 0 aromatic heterocycles. The quantitative estimate of drug-likeness (QED) is 0.735. The summed E-state index contributed by atoms with van der Waals surface area (Å²) in [6.45, 7) is 0. The Kier molecular flexibility index (Phi) is 3.88. The van der Waals surface area contributed by atoms with E-state index in [-0.39, 0.29) is 10.9 Å². The molecule has 0 fully saturated rings. The highest BCUT2D eigenvalue weighted by Crippen LogP contribution is 2.17. The lowest BCUT2D eigenvalue weighted by Crippen LogP contribution is -2.33. The van der Waals surface area contributed by atoms with Crippen LogP contribution in [0.2, 0.25) is 0 Å². The Balaban J connectivity index is 2.92. The van der Waals surface area contributed by atoms with Gasteiger partial charge in [0.2, 0.25) is 10.0 Å². The summed E-state index contributed by atoms with van der Waals surface area (Å²) >= 11 is 11.4. The molecule has 8 heteroatoms. The molecule has 5 nitrogen and oxygen atoms in total. The number of sulfonamides is 1. The van der Waals surface area contributed by atoms with Gasteiger partial charge >= 0.3 is 0 Å². The number of halogens is 2. The van der Waals surface area contributed by atoms with Crippen LogP contribution in [0.5, 0.6) is 0 Å². The minimum Gasteiger partial charge on any atom is -0.289 e. The Morgan fingerprint density at radius 3 is 2.47 bits per heavy atom. The van der Waals surface area contributed by atoms with Crippen LogP contribution in [0.15, 0.2) is 22.0 Å². The zero-order valence-electron chi connectivity index (χ0n) is 8.21. The van der Waals surface area contributed by atoms with Gasteiger partial charge in [-0.3, -0.25) is 10.9 Å². The highest BCUT2D eigenvalue weighted by molar-refractivity contribution is 7.89. The predicted molar refractivity (Wildman–Crippen MR) is 60.6 cm³/mol. The van der Waals surface area contributed by atoms with Gasteiger partial charge < -0.3 is 0 Å². The summed E-state index contributed by atoms with van der Waals surface area (Å²) in [6, 6.07) is 0. The van der Waals surface area contributed by atoms with Gasteiger partial charge in [0.05, 0.1) is 5.75 Å². The van der Waals surface area contributed by atoms with Crippen LogP contribution in [0.4, 0.5) is 0 Å². The summed E-state index contributed by atoms with van der Waals surface area (Å²) in [7, 11) is -0.410. The van der Waals surface area contributed by atoms with E-state index in [0.29, 0.717) is 10.7 Å². The standard InChI is InChI=1S/C7H11Cl2N3O2S/c1-12(2)15(13,14)4-5-3-6(8)10-11-7(5)9/h3,10-11H,4H2,1-2H3. The number of hydrogen-bond acceptors (Lipinski definition) is 4.